The minimum absolute atomic E-state index is 0.0423. The normalized spacial score (nSPS) is 18.6. The van der Waals surface area contributed by atoms with Crippen molar-refractivity contribution in [3.8, 4) is 0 Å². The SMILES string of the molecule is O=NCC1(c2ccc(Cl)nc2)CCC1. The van der Waals surface area contributed by atoms with Gasteiger partial charge in [-0.25, -0.2) is 4.98 Å². The summed E-state index contributed by atoms with van der Waals surface area (Å²) in [4.78, 5) is 14.4. The number of rotatable bonds is 3. The molecule has 2 rings (SSSR count). The highest BCUT2D eigenvalue weighted by Gasteiger charge is 2.39. The van der Waals surface area contributed by atoms with Crippen molar-refractivity contribution < 1.29 is 0 Å². The lowest BCUT2D eigenvalue weighted by atomic mass is 9.65. The molecule has 1 heterocycles. The van der Waals surface area contributed by atoms with Crippen LogP contribution in [0.2, 0.25) is 5.15 Å². The Hall–Kier alpha value is -0.960. The smallest absolute Gasteiger partial charge is 0.129 e. The topological polar surface area (TPSA) is 42.3 Å². The summed E-state index contributed by atoms with van der Waals surface area (Å²) in [6.45, 7) is 0.357. The van der Waals surface area contributed by atoms with Gasteiger partial charge >= 0.3 is 0 Å². The van der Waals surface area contributed by atoms with Gasteiger partial charge in [-0.2, -0.15) is 4.91 Å². The Balaban J connectivity index is 2.27. The predicted molar refractivity (Wildman–Crippen MR) is 55.4 cm³/mol. The summed E-state index contributed by atoms with van der Waals surface area (Å²) in [6.07, 6.45) is 4.98. The van der Waals surface area contributed by atoms with Crippen LogP contribution >= 0.6 is 11.6 Å². The molecule has 1 saturated carbocycles. The van der Waals surface area contributed by atoms with Crippen LogP contribution in [0.5, 0.6) is 0 Å². The first-order valence-corrected chi connectivity index (χ1v) is 5.06. The number of hydrogen-bond donors (Lipinski definition) is 0. The molecule has 1 fully saturated rings. The lowest BCUT2D eigenvalue weighted by Gasteiger charge is -2.40. The van der Waals surface area contributed by atoms with E-state index in [0.717, 1.165) is 24.8 Å². The summed E-state index contributed by atoms with van der Waals surface area (Å²) in [5.74, 6) is 0. The van der Waals surface area contributed by atoms with Crippen LogP contribution in [0.25, 0.3) is 0 Å². The fourth-order valence-electron chi connectivity index (χ4n) is 1.95. The number of hydrogen-bond acceptors (Lipinski definition) is 3. The third-order valence-electron chi connectivity index (χ3n) is 3.02. The monoisotopic (exact) mass is 210 g/mol. The van der Waals surface area contributed by atoms with Gasteiger partial charge in [-0.1, -0.05) is 29.3 Å². The highest BCUT2D eigenvalue weighted by molar-refractivity contribution is 6.29. The van der Waals surface area contributed by atoms with E-state index in [1.807, 2.05) is 6.07 Å². The number of halogens is 1. The number of nitrogens with zero attached hydrogens (tertiary/aromatic N) is 2. The van der Waals surface area contributed by atoms with E-state index in [9.17, 15) is 4.91 Å². The largest absolute Gasteiger partial charge is 0.244 e. The lowest BCUT2D eigenvalue weighted by Crippen LogP contribution is -2.37. The third-order valence-corrected chi connectivity index (χ3v) is 3.24. The molecule has 0 radical (unpaired) electrons. The molecule has 1 aromatic heterocycles. The second-order valence-electron chi connectivity index (χ2n) is 3.79. The Kier molecular flexibility index (Phi) is 2.50. The maximum absolute atomic E-state index is 10.4. The van der Waals surface area contributed by atoms with Crippen LogP contribution in [0.3, 0.4) is 0 Å². The van der Waals surface area contributed by atoms with E-state index in [1.54, 1.807) is 12.3 Å². The standard InChI is InChI=1S/C10H11ClN2O/c11-9-3-2-8(6-12-9)10(7-13-14)4-1-5-10/h2-3,6H,1,4-5,7H2. The lowest BCUT2D eigenvalue weighted by molar-refractivity contribution is 0.252. The van der Waals surface area contributed by atoms with Crippen LogP contribution < -0.4 is 0 Å². The summed E-state index contributed by atoms with van der Waals surface area (Å²) in [5.41, 5.74) is 1.05. The minimum atomic E-state index is -0.0423. The van der Waals surface area contributed by atoms with Gasteiger partial charge in [0.1, 0.15) is 5.15 Å². The predicted octanol–water partition coefficient (Wildman–Crippen LogP) is 2.92. The van der Waals surface area contributed by atoms with E-state index in [1.165, 1.54) is 0 Å². The molecule has 0 aliphatic heterocycles. The molecular formula is C10H11ClN2O. The maximum Gasteiger partial charge on any atom is 0.129 e. The molecule has 1 aliphatic rings. The quantitative estimate of drug-likeness (QED) is 0.569. The molecule has 14 heavy (non-hydrogen) atoms. The highest BCUT2D eigenvalue weighted by Crippen LogP contribution is 2.43. The first-order chi connectivity index (χ1) is 6.77. The van der Waals surface area contributed by atoms with E-state index in [0.29, 0.717) is 11.7 Å². The molecule has 3 nitrogen and oxygen atoms in total. The van der Waals surface area contributed by atoms with Crippen LogP contribution in [0.1, 0.15) is 24.8 Å². The van der Waals surface area contributed by atoms with Crippen molar-refractivity contribution in [1.82, 2.24) is 4.98 Å². The zero-order chi connectivity index (χ0) is 10.0. The number of aromatic nitrogens is 1. The van der Waals surface area contributed by atoms with Crippen molar-refractivity contribution in [1.29, 1.82) is 0 Å². The van der Waals surface area contributed by atoms with Gasteiger partial charge in [0.25, 0.3) is 0 Å². The Bertz CT molecular complexity index is 332. The van der Waals surface area contributed by atoms with Gasteiger partial charge in [0.2, 0.25) is 0 Å². The number of pyridine rings is 1. The van der Waals surface area contributed by atoms with Crippen LogP contribution in [-0.4, -0.2) is 11.5 Å². The number of nitroso groups, excluding NO2 is 1. The Morgan fingerprint density at radius 1 is 1.50 bits per heavy atom. The summed E-state index contributed by atoms with van der Waals surface area (Å²) in [6, 6.07) is 3.71. The van der Waals surface area contributed by atoms with Crippen molar-refractivity contribution in [2.75, 3.05) is 6.54 Å². The van der Waals surface area contributed by atoms with Crippen molar-refractivity contribution in [3.05, 3.63) is 34.0 Å². The molecule has 0 N–H and O–H groups in total. The van der Waals surface area contributed by atoms with Crippen LogP contribution in [0, 0.1) is 4.91 Å². The van der Waals surface area contributed by atoms with Gasteiger partial charge in [0.15, 0.2) is 0 Å². The molecule has 0 aromatic carbocycles. The second-order valence-corrected chi connectivity index (χ2v) is 4.18. The van der Waals surface area contributed by atoms with E-state index in [4.69, 9.17) is 11.6 Å². The average Bonchev–Trinajstić information content (AvgIpc) is 2.13. The van der Waals surface area contributed by atoms with E-state index >= 15 is 0 Å². The highest BCUT2D eigenvalue weighted by atomic mass is 35.5. The Morgan fingerprint density at radius 3 is 2.71 bits per heavy atom. The van der Waals surface area contributed by atoms with Gasteiger partial charge < -0.3 is 0 Å². The molecule has 0 amide bonds. The van der Waals surface area contributed by atoms with Gasteiger partial charge in [-0.15, -0.1) is 0 Å². The first-order valence-electron chi connectivity index (χ1n) is 4.68. The molecule has 4 heteroatoms. The van der Waals surface area contributed by atoms with Gasteiger partial charge in [-0.05, 0) is 24.5 Å². The van der Waals surface area contributed by atoms with E-state index in [2.05, 4.69) is 10.2 Å². The first kappa shape index (κ1) is 9.59. The Morgan fingerprint density at radius 2 is 2.29 bits per heavy atom. The maximum atomic E-state index is 10.4. The van der Waals surface area contributed by atoms with Gasteiger partial charge in [0, 0.05) is 11.6 Å². The van der Waals surface area contributed by atoms with Gasteiger partial charge in [0.05, 0.1) is 6.54 Å². The molecule has 0 unspecified atom stereocenters. The fraction of sp³-hybridized carbons (Fsp3) is 0.500. The van der Waals surface area contributed by atoms with E-state index in [-0.39, 0.29) is 5.41 Å². The summed E-state index contributed by atoms with van der Waals surface area (Å²) in [7, 11) is 0. The third kappa shape index (κ3) is 1.52. The zero-order valence-electron chi connectivity index (χ0n) is 7.74. The molecule has 74 valence electrons. The van der Waals surface area contributed by atoms with Crippen LogP contribution in [0.4, 0.5) is 0 Å². The van der Waals surface area contributed by atoms with Gasteiger partial charge in [-0.3, -0.25) is 0 Å². The van der Waals surface area contributed by atoms with Crippen molar-refractivity contribution >= 4 is 11.6 Å². The second kappa shape index (κ2) is 3.65. The molecular weight excluding hydrogens is 200 g/mol. The summed E-state index contributed by atoms with van der Waals surface area (Å²) < 4.78 is 0. The molecule has 1 aliphatic carbocycles. The molecule has 0 spiro atoms. The van der Waals surface area contributed by atoms with Crippen molar-refractivity contribution in [2.24, 2.45) is 5.18 Å². The molecule has 0 atom stereocenters. The van der Waals surface area contributed by atoms with Crippen molar-refractivity contribution in [3.63, 3.8) is 0 Å². The zero-order valence-corrected chi connectivity index (χ0v) is 8.50. The van der Waals surface area contributed by atoms with Crippen LogP contribution in [0.15, 0.2) is 23.5 Å². The summed E-state index contributed by atoms with van der Waals surface area (Å²) >= 11 is 5.70. The van der Waals surface area contributed by atoms with E-state index < -0.39 is 0 Å². The minimum Gasteiger partial charge on any atom is -0.244 e. The fourth-order valence-corrected chi connectivity index (χ4v) is 2.07. The molecule has 1 aromatic rings. The average molecular weight is 211 g/mol. The molecule has 0 bridgehead atoms. The molecule has 0 saturated heterocycles. The summed E-state index contributed by atoms with van der Waals surface area (Å²) in [5, 5.41) is 3.51. The van der Waals surface area contributed by atoms with Crippen molar-refractivity contribution in [2.45, 2.75) is 24.7 Å². The van der Waals surface area contributed by atoms with Crippen LogP contribution in [-0.2, 0) is 5.41 Å². The Labute approximate surface area is 87.5 Å².